The Bertz CT molecular complexity index is 250. The van der Waals surface area contributed by atoms with Gasteiger partial charge in [-0.25, -0.2) is 4.79 Å². The van der Waals surface area contributed by atoms with Crippen molar-refractivity contribution in [1.29, 1.82) is 0 Å². The highest BCUT2D eigenvalue weighted by molar-refractivity contribution is 5.62. The number of ether oxygens (including phenoxy) is 3. The SMILES string of the molecule is C=CCOC1(C(F)(F)F)COC(=O)O1. The van der Waals surface area contributed by atoms with E-state index < -0.39 is 31.3 Å². The summed E-state index contributed by atoms with van der Waals surface area (Å²) in [6.07, 6.45) is -5.12. The minimum absolute atomic E-state index is 0.393. The second-order valence-corrected chi connectivity index (χ2v) is 2.49. The average Bonchev–Trinajstić information content (AvgIpc) is 2.44. The maximum Gasteiger partial charge on any atom is 0.511 e. The van der Waals surface area contributed by atoms with Gasteiger partial charge in [0.1, 0.15) is 0 Å². The first-order chi connectivity index (χ1) is 6.41. The Labute approximate surface area is 77.2 Å². The lowest BCUT2D eigenvalue weighted by Crippen LogP contribution is -2.50. The van der Waals surface area contributed by atoms with Gasteiger partial charge in [0, 0.05) is 0 Å². The van der Waals surface area contributed by atoms with E-state index in [2.05, 4.69) is 20.8 Å². The van der Waals surface area contributed by atoms with Crippen LogP contribution in [0.2, 0.25) is 0 Å². The van der Waals surface area contributed by atoms with Gasteiger partial charge in [-0.3, -0.25) is 0 Å². The summed E-state index contributed by atoms with van der Waals surface area (Å²) in [5, 5.41) is 0. The molecule has 1 fully saturated rings. The maximum atomic E-state index is 12.4. The van der Waals surface area contributed by atoms with Crippen molar-refractivity contribution < 1.29 is 32.2 Å². The monoisotopic (exact) mass is 212 g/mol. The average molecular weight is 212 g/mol. The van der Waals surface area contributed by atoms with E-state index in [4.69, 9.17) is 0 Å². The lowest BCUT2D eigenvalue weighted by Gasteiger charge is -2.26. The molecular formula is C7H7F3O4. The molecule has 4 nitrogen and oxygen atoms in total. The van der Waals surface area contributed by atoms with Gasteiger partial charge in [0.15, 0.2) is 6.61 Å². The van der Waals surface area contributed by atoms with Crippen LogP contribution in [0.1, 0.15) is 0 Å². The molecule has 0 N–H and O–H groups in total. The van der Waals surface area contributed by atoms with Crippen molar-refractivity contribution in [1.82, 2.24) is 0 Å². The fraction of sp³-hybridized carbons (Fsp3) is 0.571. The number of carbonyl (C=O) groups excluding carboxylic acids is 1. The van der Waals surface area contributed by atoms with Crippen molar-refractivity contribution in [3.8, 4) is 0 Å². The second kappa shape index (κ2) is 3.49. The maximum absolute atomic E-state index is 12.4. The summed E-state index contributed by atoms with van der Waals surface area (Å²) in [5.74, 6) is -2.99. The normalized spacial score (nSPS) is 26.9. The van der Waals surface area contributed by atoms with Gasteiger partial charge in [0.2, 0.25) is 0 Å². The number of cyclic esters (lactones) is 2. The Morgan fingerprint density at radius 1 is 1.64 bits per heavy atom. The number of alkyl halides is 3. The first kappa shape index (κ1) is 10.8. The van der Waals surface area contributed by atoms with Gasteiger partial charge in [0.05, 0.1) is 6.61 Å². The van der Waals surface area contributed by atoms with Crippen molar-refractivity contribution in [2.24, 2.45) is 0 Å². The van der Waals surface area contributed by atoms with Gasteiger partial charge in [-0.05, 0) is 0 Å². The molecule has 0 aromatic carbocycles. The zero-order valence-corrected chi connectivity index (χ0v) is 6.97. The summed E-state index contributed by atoms with van der Waals surface area (Å²) >= 11 is 0. The fourth-order valence-electron chi connectivity index (χ4n) is 0.834. The summed E-state index contributed by atoms with van der Waals surface area (Å²) < 4.78 is 49.6. The zero-order valence-electron chi connectivity index (χ0n) is 6.97. The highest BCUT2D eigenvalue weighted by atomic mass is 19.4. The van der Waals surface area contributed by atoms with Crippen LogP contribution >= 0.6 is 0 Å². The molecule has 0 radical (unpaired) electrons. The number of hydrogen-bond acceptors (Lipinski definition) is 4. The molecule has 1 rings (SSSR count). The fourth-order valence-corrected chi connectivity index (χ4v) is 0.834. The van der Waals surface area contributed by atoms with Crippen LogP contribution < -0.4 is 0 Å². The van der Waals surface area contributed by atoms with E-state index in [0.29, 0.717) is 0 Å². The Hall–Kier alpha value is -1.24. The van der Waals surface area contributed by atoms with E-state index in [9.17, 15) is 18.0 Å². The predicted octanol–water partition coefficient (Wildman–Crippen LogP) is 1.61. The molecule has 0 aliphatic carbocycles. The van der Waals surface area contributed by atoms with Crippen LogP contribution in [0.5, 0.6) is 0 Å². The molecule has 0 spiro atoms. The molecule has 1 heterocycles. The van der Waals surface area contributed by atoms with Gasteiger partial charge in [-0.1, -0.05) is 6.08 Å². The van der Waals surface area contributed by atoms with Crippen LogP contribution in [-0.2, 0) is 14.2 Å². The van der Waals surface area contributed by atoms with Gasteiger partial charge >= 0.3 is 18.1 Å². The number of rotatable bonds is 3. The van der Waals surface area contributed by atoms with E-state index in [-0.39, 0.29) is 0 Å². The van der Waals surface area contributed by atoms with E-state index in [1.807, 2.05) is 0 Å². The van der Waals surface area contributed by atoms with Gasteiger partial charge in [-0.2, -0.15) is 13.2 Å². The minimum atomic E-state index is -4.83. The van der Waals surface area contributed by atoms with E-state index >= 15 is 0 Å². The molecule has 1 atom stereocenters. The molecule has 0 saturated carbocycles. The van der Waals surface area contributed by atoms with Crippen LogP contribution in [0.4, 0.5) is 18.0 Å². The van der Waals surface area contributed by atoms with Crippen molar-refractivity contribution in [3.05, 3.63) is 12.7 Å². The number of hydrogen-bond donors (Lipinski definition) is 0. The smallest absolute Gasteiger partial charge is 0.427 e. The van der Waals surface area contributed by atoms with Crippen LogP contribution in [0.25, 0.3) is 0 Å². The zero-order chi connectivity index (χ0) is 10.8. The van der Waals surface area contributed by atoms with E-state index in [1.54, 1.807) is 0 Å². The molecule has 0 aromatic rings. The highest BCUT2D eigenvalue weighted by Gasteiger charge is 2.64. The molecule has 7 heteroatoms. The van der Waals surface area contributed by atoms with Crippen molar-refractivity contribution in [2.45, 2.75) is 12.0 Å². The third kappa shape index (κ3) is 1.82. The van der Waals surface area contributed by atoms with Gasteiger partial charge < -0.3 is 14.2 Å². The Balaban J connectivity index is 2.80. The number of carbonyl (C=O) groups is 1. The molecule has 0 aromatic heterocycles. The molecule has 0 amide bonds. The molecule has 1 unspecified atom stereocenters. The van der Waals surface area contributed by atoms with Crippen molar-refractivity contribution in [3.63, 3.8) is 0 Å². The standard InChI is InChI=1S/C7H7F3O4/c1-2-3-13-6(7(8,9)10)4-12-5(11)14-6/h2H,1,3-4H2. The Kier molecular flexibility index (Phi) is 2.70. The van der Waals surface area contributed by atoms with Crippen LogP contribution in [-0.4, -0.2) is 31.3 Å². The molecule has 1 saturated heterocycles. The molecule has 0 bridgehead atoms. The summed E-state index contributed by atoms with van der Waals surface area (Å²) in [6, 6.07) is 0. The third-order valence-corrected chi connectivity index (χ3v) is 1.49. The largest absolute Gasteiger partial charge is 0.511 e. The molecule has 1 aliphatic rings. The van der Waals surface area contributed by atoms with Crippen molar-refractivity contribution in [2.75, 3.05) is 13.2 Å². The van der Waals surface area contributed by atoms with Crippen LogP contribution in [0.3, 0.4) is 0 Å². The molecule has 14 heavy (non-hydrogen) atoms. The van der Waals surface area contributed by atoms with Gasteiger partial charge in [0.25, 0.3) is 0 Å². The van der Waals surface area contributed by atoms with E-state index in [0.717, 1.165) is 6.08 Å². The minimum Gasteiger partial charge on any atom is -0.427 e. The number of halogens is 3. The second-order valence-electron chi connectivity index (χ2n) is 2.49. The first-order valence-electron chi connectivity index (χ1n) is 3.58. The van der Waals surface area contributed by atoms with Crippen molar-refractivity contribution >= 4 is 6.16 Å². The van der Waals surface area contributed by atoms with Crippen LogP contribution in [0.15, 0.2) is 12.7 Å². The molecule has 80 valence electrons. The lowest BCUT2D eigenvalue weighted by molar-refractivity contribution is -0.346. The molecular weight excluding hydrogens is 205 g/mol. The first-order valence-corrected chi connectivity index (χ1v) is 3.58. The highest BCUT2D eigenvalue weighted by Crippen LogP contribution is 2.38. The summed E-state index contributed by atoms with van der Waals surface area (Å²) in [5.41, 5.74) is 0. The summed E-state index contributed by atoms with van der Waals surface area (Å²) in [6.45, 7) is 1.79. The topological polar surface area (TPSA) is 44.8 Å². The lowest BCUT2D eigenvalue weighted by atomic mass is 10.3. The van der Waals surface area contributed by atoms with Gasteiger partial charge in [-0.15, -0.1) is 6.58 Å². The summed E-state index contributed by atoms with van der Waals surface area (Å²) in [4.78, 5) is 10.4. The molecule has 1 aliphatic heterocycles. The van der Waals surface area contributed by atoms with Crippen LogP contribution in [0, 0.1) is 0 Å². The Morgan fingerprint density at radius 3 is 2.64 bits per heavy atom. The quantitative estimate of drug-likeness (QED) is 0.526. The third-order valence-electron chi connectivity index (χ3n) is 1.49. The van der Waals surface area contributed by atoms with E-state index in [1.165, 1.54) is 0 Å². The Morgan fingerprint density at radius 2 is 2.29 bits per heavy atom. The summed E-state index contributed by atoms with van der Waals surface area (Å²) in [7, 11) is 0. The predicted molar refractivity (Wildman–Crippen MR) is 37.4 cm³/mol.